The molecule has 1 nitrogen and oxygen atoms in total. The lowest BCUT2D eigenvalue weighted by molar-refractivity contribution is -0.104. The molecule has 0 amide bonds. The van der Waals surface area contributed by atoms with Gasteiger partial charge in [-0.2, -0.15) is 0 Å². The van der Waals surface area contributed by atoms with Crippen LogP contribution in [-0.4, -0.2) is 6.29 Å². The van der Waals surface area contributed by atoms with E-state index in [0.29, 0.717) is 0 Å². The number of hydrogen-bond donors (Lipinski definition) is 0. The number of carbonyl (C=O) groups is 1. The van der Waals surface area contributed by atoms with Crippen LogP contribution in [0.15, 0.2) is 23.3 Å². The second kappa shape index (κ2) is 4.57. The summed E-state index contributed by atoms with van der Waals surface area (Å²) in [5.41, 5.74) is 4.02. The van der Waals surface area contributed by atoms with Crippen molar-refractivity contribution in [3.63, 3.8) is 0 Å². The van der Waals surface area contributed by atoms with Gasteiger partial charge in [-0.1, -0.05) is 37.5 Å². The normalized spacial score (nSPS) is 49.1. The van der Waals surface area contributed by atoms with E-state index < -0.39 is 0 Å². The predicted molar refractivity (Wildman–Crippen MR) is 85.9 cm³/mol. The average molecular weight is 284 g/mol. The highest BCUT2D eigenvalue weighted by atomic mass is 16.1. The first-order chi connectivity index (χ1) is 10.2. The number of carbonyl (C=O) groups excluding carboxylic acids is 1. The van der Waals surface area contributed by atoms with E-state index in [-0.39, 0.29) is 5.41 Å². The fourth-order valence-corrected chi connectivity index (χ4v) is 6.50. The SMILES string of the molecule is CCCC1(C)C2=CCC34CC3CCC4C2CC/C1=C/C=O. The van der Waals surface area contributed by atoms with Gasteiger partial charge < -0.3 is 0 Å². The molecule has 3 fully saturated rings. The van der Waals surface area contributed by atoms with Gasteiger partial charge in [0.05, 0.1) is 0 Å². The molecule has 5 atom stereocenters. The molecule has 0 radical (unpaired) electrons. The molecular formula is C20H28O. The van der Waals surface area contributed by atoms with Crippen molar-refractivity contribution in [1.82, 2.24) is 0 Å². The van der Waals surface area contributed by atoms with Gasteiger partial charge in [0.1, 0.15) is 6.29 Å². The molecule has 0 heterocycles. The van der Waals surface area contributed by atoms with Crippen LogP contribution < -0.4 is 0 Å². The summed E-state index contributed by atoms with van der Waals surface area (Å²) >= 11 is 0. The molecule has 0 aromatic heterocycles. The van der Waals surface area contributed by atoms with Crippen LogP contribution in [0.2, 0.25) is 0 Å². The molecule has 0 aliphatic heterocycles. The van der Waals surface area contributed by atoms with Crippen molar-refractivity contribution in [2.75, 3.05) is 0 Å². The Kier molecular flexibility index (Phi) is 3.00. The molecule has 0 N–H and O–H groups in total. The Bertz CT molecular complexity index is 528. The molecular weight excluding hydrogens is 256 g/mol. The number of aldehydes is 1. The van der Waals surface area contributed by atoms with Crippen LogP contribution in [0.3, 0.4) is 0 Å². The van der Waals surface area contributed by atoms with Crippen LogP contribution in [0.5, 0.6) is 0 Å². The molecule has 4 aliphatic carbocycles. The lowest BCUT2D eigenvalue weighted by Crippen LogP contribution is -2.39. The summed E-state index contributed by atoms with van der Waals surface area (Å²) in [5.74, 6) is 2.85. The van der Waals surface area contributed by atoms with E-state index in [1.807, 2.05) is 6.08 Å². The van der Waals surface area contributed by atoms with Gasteiger partial charge >= 0.3 is 0 Å². The zero-order chi connectivity index (χ0) is 14.7. The van der Waals surface area contributed by atoms with Crippen molar-refractivity contribution in [2.45, 2.75) is 65.2 Å². The van der Waals surface area contributed by atoms with Crippen LogP contribution >= 0.6 is 0 Å². The number of allylic oxidation sites excluding steroid dienone is 4. The highest BCUT2D eigenvalue weighted by Crippen LogP contribution is 2.74. The van der Waals surface area contributed by atoms with E-state index >= 15 is 0 Å². The van der Waals surface area contributed by atoms with Gasteiger partial charge in [-0.25, -0.2) is 0 Å². The van der Waals surface area contributed by atoms with Gasteiger partial charge in [-0.15, -0.1) is 0 Å². The minimum absolute atomic E-state index is 0.174. The monoisotopic (exact) mass is 284 g/mol. The minimum atomic E-state index is 0.174. The van der Waals surface area contributed by atoms with E-state index in [1.54, 1.807) is 5.57 Å². The zero-order valence-corrected chi connectivity index (χ0v) is 13.5. The Hall–Kier alpha value is -0.850. The quantitative estimate of drug-likeness (QED) is 0.401. The van der Waals surface area contributed by atoms with Crippen molar-refractivity contribution >= 4 is 6.29 Å². The summed E-state index contributed by atoms with van der Waals surface area (Å²) in [5, 5.41) is 0. The van der Waals surface area contributed by atoms with Gasteiger partial charge in [0.25, 0.3) is 0 Å². The van der Waals surface area contributed by atoms with Gasteiger partial charge in [-0.05, 0) is 74.2 Å². The molecule has 21 heavy (non-hydrogen) atoms. The third-order valence-electron chi connectivity index (χ3n) is 7.52. The standard InChI is InChI=1S/C20H28O/c1-3-10-19(2)14(9-12-21)4-6-16-17(19)8-11-20-13-15(20)5-7-18(16)20/h8-9,12,15-16,18H,3-7,10-11,13H2,1-2H3/b14-9-. The zero-order valence-electron chi connectivity index (χ0n) is 13.5. The Labute approximate surface area is 128 Å². The third kappa shape index (κ3) is 1.72. The first-order valence-corrected chi connectivity index (χ1v) is 9.01. The smallest absolute Gasteiger partial charge is 0.142 e. The molecule has 114 valence electrons. The second-order valence-electron chi connectivity index (χ2n) is 8.24. The summed E-state index contributed by atoms with van der Waals surface area (Å²) in [4.78, 5) is 11.1. The Morgan fingerprint density at radius 3 is 2.90 bits per heavy atom. The first kappa shape index (κ1) is 13.8. The summed E-state index contributed by atoms with van der Waals surface area (Å²) < 4.78 is 0. The first-order valence-electron chi connectivity index (χ1n) is 9.01. The summed E-state index contributed by atoms with van der Waals surface area (Å²) in [6.45, 7) is 4.70. The van der Waals surface area contributed by atoms with Crippen molar-refractivity contribution in [3.8, 4) is 0 Å². The molecule has 5 unspecified atom stereocenters. The number of rotatable bonds is 3. The van der Waals surface area contributed by atoms with E-state index in [2.05, 4.69) is 19.9 Å². The molecule has 0 bridgehead atoms. The van der Waals surface area contributed by atoms with Crippen molar-refractivity contribution in [3.05, 3.63) is 23.3 Å². The van der Waals surface area contributed by atoms with Gasteiger partial charge in [-0.3, -0.25) is 4.79 Å². The molecule has 4 rings (SSSR count). The van der Waals surface area contributed by atoms with Gasteiger partial charge in [0.2, 0.25) is 0 Å². The topological polar surface area (TPSA) is 17.1 Å². The van der Waals surface area contributed by atoms with Crippen LogP contribution in [0.25, 0.3) is 0 Å². The maximum Gasteiger partial charge on any atom is 0.142 e. The van der Waals surface area contributed by atoms with Crippen molar-refractivity contribution in [2.24, 2.45) is 28.6 Å². The Balaban J connectivity index is 1.74. The molecule has 0 aromatic carbocycles. The summed E-state index contributed by atoms with van der Waals surface area (Å²) in [6, 6.07) is 0. The van der Waals surface area contributed by atoms with E-state index in [1.165, 1.54) is 50.5 Å². The van der Waals surface area contributed by atoms with Crippen LogP contribution in [-0.2, 0) is 4.79 Å². The summed E-state index contributed by atoms with van der Waals surface area (Å²) in [6.07, 6.45) is 16.2. The largest absolute Gasteiger partial charge is 0.299 e. The minimum Gasteiger partial charge on any atom is -0.299 e. The number of fused-ring (bicyclic) bond motifs is 2. The fourth-order valence-electron chi connectivity index (χ4n) is 6.50. The fraction of sp³-hybridized carbons (Fsp3) is 0.750. The van der Waals surface area contributed by atoms with Crippen LogP contribution in [0.1, 0.15) is 65.2 Å². The third-order valence-corrected chi connectivity index (χ3v) is 7.52. The van der Waals surface area contributed by atoms with Crippen molar-refractivity contribution in [1.29, 1.82) is 0 Å². The van der Waals surface area contributed by atoms with Gasteiger partial charge in [0.15, 0.2) is 0 Å². The Morgan fingerprint density at radius 1 is 1.33 bits per heavy atom. The molecule has 0 aromatic rings. The molecule has 0 saturated heterocycles. The van der Waals surface area contributed by atoms with Crippen LogP contribution in [0, 0.1) is 28.6 Å². The molecule has 4 aliphatic rings. The number of hydrogen-bond acceptors (Lipinski definition) is 1. The lowest BCUT2D eigenvalue weighted by atomic mass is 9.55. The highest BCUT2D eigenvalue weighted by molar-refractivity contribution is 5.67. The van der Waals surface area contributed by atoms with Crippen molar-refractivity contribution < 1.29 is 4.79 Å². The van der Waals surface area contributed by atoms with Gasteiger partial charge in [0, 0.05) is 5.41 Å². The molecule has 1 heteroatoms. The summed E-state index contributed by atoms with van der Waals surface area (Å²) in [7, 11) is 0. The highest BCUT2D eigenvalue weighted by Gasteiger charge is 2.65. The van der Waals surface area contributed by atoms with Crippen LogP contribution in [0.4, 0.5) is 0 Å². The molecule has 1 spiro atoms. The van der Waals surface area contributed by atoms with E-state index in [4.69, 9.17) is 0 Å². The second-order valence-corrected chi connectivity index (χ2v) is 8.24. The maximum absolute atomic E-state index is 11.1. The van der Waals surface area contributed by atoms with E-state index in [0.717, 1.165) is 35.9 Å². The molecule has 3 saturated carbocycles. The Morgan fingerprint density at radius 2 is 2.19 bits per heavy atom. The lowest BCUT2D eigenvalue weighted by Gasteiger charge is -2.50. The predicted octanol–water partition coefficient (Wildman–Crippen LogP) is 5.07. The maximum atomic E-state index is 11.1. The average Bonchev–Trinajstić information content (AvgIpc) is 3.04. The van der Waals surface area contributed by atoms with E-state index in [9.17, 15) is 4.79 Å².